The minimum absolute atomic E-state index is 0.263. The van der Waals surface area contributed by atoms with E-state index in [1.54, 1.807) is 0 Å². The van der Waals surface area contributed by atoms with Gasteiger partial charge in [0.25, 0.3) is 0 Å². The molecule has 2 rings (SSSR count). The van der Waals surface area contributed by atoms with Gasteiger partial charge in [-0.2, -0.15) is 0 Å². The molecule has 1 aliphatic rings. The van der Waals surface area contributed by atoms with E-state index in [1.807, 2.05) is 6.07 Å². The van der Waals surface area contributed by atoms with E-state index >= 15 is 0 Å². The Bertz CT molecular complexity index is 296. The first-order valence-electron chi connectivity index (χ1n) is 5.10. The molecular formula is C12H15NO. The van der Waals surface area contributed by atoms with E-state index < -0.39 is 0 Å². The van der Waals surface area contributed by atoms with Crippen molar-refractivity contribution in [3.63, 3.8) is 0 Å². The molecule has 0 aliphatic carbocycles. The molecular weight excluding hydrogens is 174 g/mol. The summed E-state index contributed by atoms with van der Waals surface area (Å²) in [5.41, 5.74) is 1.33. The maximum absolute atomic E-state index is 10.6. The predicted octanol–water partition coefficient (Wildman–Crippen LogP) is 1.71. The molecule has 0 unspecified atom stereocenters. The SMILES string of the molecule is O=C[C@@H]1CCN(Cc2ccccc2)C1. The second-order valence-corrected chi connectivity index (χ2v) is 3.91. The van der Waals surface area contributed by atoms with Gasteiger partial charge in [-0.1, -0.05) is 30.3 Å². The maximum Gasteiger partial charge on any atom is 0.124 e. The van der Waals surface area contributed by atoms with Crippen LogP contribution in [0.3, 0.4) is 0 Å². The van der Waals surface area contributed by atoms with Crippen LogP contribution in [-0.2, 0) is 11.3 Å². The molecule has 0 amide bonds. The van der Waals surface area contributed by atoms with E-state index in [2.05, 4.69) is 29.2 Å². The van der Waals surface area contributed by atoms with Gasteiger partial charge in [-0.25, -0.2) is 0 Å². The molecule has 1 aromatic carbocycles. The lowest BCUT2D eigenvalue weighted by atomic mass is 10.1. The Morgan fingerprint density at radius 2 is 2.14 bits per heavy atom. The molecule has 1 aromatic rings. The molecule has 0 saturated carbocycles. The van der Waals surface area contributed by atoms with Crippen LogP contribution in [-0.4, -0.2) is 24.3 Å². The Kier molecular flexibility index (Phi) is 2.94. The van der Waals surface area contributed by atoms with Crippen LogP contribution in [0, 0.1) is 5.92 Å². The molecule has 0 N–H and O–H groups in total. The molecule has 74 valence electrons. The summed E-state index contributed by atoms with van der Waals surface area (Å²) in [6, 6.07) is 10.4. The summed E-state index contributed by atoms with van der Waals surface area (Å²) in [5.74, 6) is 0.263. The number of nitrogens with zero attached hydrogens (tertiary/aromatic N) is 1. The lowest BCUT2D eigenvalue weighted by molar-refractivity contribution is -0.110. The predicted molar refractivity (Wildman–Crippen MR) is 55.9 cm³/mol. The molecule has 0 radical (unpaired) electrons. The van der Waals surface area contributed by atoms with Crippen molar-refractivity contribution in [3.8, 4) is 0 Å². The Balaban J connectivity index is 1.90. The van der Waals surface area contributed by atoms with Crippen LogP contribution < -0.4 is 0 Å². The van der Waals surface area contributed by atoms with Gasteiger partial charge in [0.05, 0.1) is 0 Å². The van der Waals surface area contributed by atoms with Crippen molar-refractivity contribution in [1.29, 1.82) is 0 Å². The largest absolute Gasteiger partial charge is 0.303 e. The Morgan fingerprint density at radius 1 is 1.36 bits per heavy atom. The number of carbonyl (C=O) groups is 1. The Hall–Kier alpha value is -1.15. The Morgan fingerprint density at radius 3 is 2.79 bits per heavy atom. The summed E-state index contributed by atoms with van der Waals surface area (Å²) < 4.78 is 0. The van der Waals surface area contributed by atoms with Crippen LogP contribution in [0.15, 0.2) is 30.3 Å². The molecule has 1 aliphatic heterocycles. The van der Waals surface area contributed by atoms with Gasteiger partial charge in [0.2, 0.25) is 0 Å². The third-order valence-corrected chi connectivity index (χ3v) is 2.75. The van der Waals surface area contributed by atoms with Crippen molar-refractivity contribution in [2.24, 2.45) is 5.92 Å². The highest BCUT2D eigenvalue weighted by atomic mass is 16.1. The van der Waals surface area contributed by atoms with Crippen LogP contribution in [0.4, 0.5) is 0 Å². The van der Waals surface area contributed by atoms with Gasteiger partial charge in [-0.05, 0) is 18.5 Å². The molecule has 1 heterocycles. The second-order valence-electron chi connectivity index (χ2n) is 3.91. The zero-order chi connectivity index (χ0) is 9.80. The lowest BCUT2D eigenvalue weighted by Gasteiger charge is -2.14. The van der Waals surface area contributed by atoms with Gasteiger partial charge in [0.15, 0.2) is 0 Å². The smallest absolute Gasteiger partial charge is 0.124 e. The van der Waals surface area contributed by atoms with Gasteiger partial charge in [0.1, 0.15) is 6.29 Å². The van der Waals surface area contributed by atoms with Crippen molar-refractivity contribution in [3.05, 3.63) is 35.9 Å². The standard InChI is InChI=1S/C12H15NO/c14-10-12-6-7-13(9-12)8-11-4-2-1-3-5-11/h1-5,10,12H,6-9H2/t12-/m1/s1. The third-order valence-electron chi connectivity index (χ3n) is 2.75. The van der Waals surface area contributed by atoms with E-state index in [4.69, 9.17) is 0 Å². The van der Waals surface area contributed by atoms with Gasteiger partial charge in [0, 0.05) is 19.0 Å². The summed E-state index contributed by atoms with van der Waals surface area (Å²) in [5, 5.41) is 0. The number of aldehydes is 1. The van der Waals surface area contributed by atoms with Gasteiger partial charge in [-0.3, -0.25) is 4.90 Å². The minimum atomic E-state index is 0.263. The minimum Gasteiger partial charge on any atom is -0.303 e. The molecule has 14 heavy (non-hydrogen) atoms. The van der Waals surface area contributed by atoms with Crippen molar-refractivity contribution in [2.75, 3.05) is 13.1 Å². The van der Waals surface area contributed by atoms with Gasteiger partial charge in [-0.15, -0.1) is 0 Å². The summed E-state index contributed by atoms with van der Waals surface area (Å²) >= 11 is 0. The lowest BCUT2D eigenvalue weighted by Crippen LogP contribution is -2.20. The third kappa shape index (κ3) is 2.20. The second kappa shape index (κ2) is 4.38. The number of benzene rings is 1. The monoisotopic (exact) mass is 189 g/mol. The molecule has 0 bridgehead atoms. The highest BCUT2D eigenvalue weighted by molar-refractivity contribution is 5.54. The summed E-state index contributed by atoms with van der Waals surface area (Å²) in [6.07, 6.45) is 2.11. The van der Waals surface area contributed by atoms with Crippen LogP contribution in [0.25, 0.3) is 0 Å². The van der Waals surface area contributed by atoms with E-state index in [0.29, 0.717) is 0 Å². The maximum atomic E-state index is 10.6. The first-order chi connectivity index (χ1) is 6.88. The van der Waals surface area contributed by atoms with Crippen molar-refractivity contribution in [2.45, 2.75) is 13.0 Å². The van der Waals surface area contributed by atoms with Crippen molar-refractivity contribution in [1.82, 2.24) is 4.90 Å². The van der Waals surface area contributed by atoms with E-state index in [0.717, 1.165) is 32.3 Å². The first-order valence-corrected chi connectivity index (χ1v) is 5.10. The topological polar surface area (TPSA) is 20.3 Å². The first kappa shape index (κ1) is 9.41. The van der Waals surface area contributed by atoms with Crippen molar-refractivity contribution < 1.29 is 4.79 Å². The number of rotatable bonds is 3. The molecule has 0 aromatic heterocycles. The fourth-order valence-electron chi connectivity index (χ4n) is 1.96. The van der Waals surface area contributed by atoms with Crippen molar-refractivity contribution >= 4 is 6.29 Å². The molecule has 1 atom stereocenters. The number of likely N-dealkylation sites (tertiary alicyclic amines) is 1. The van der Waals surface area contributed by atoms with E-state index in [1.165, 1.54) is 5.56 Å². The summed E-state index contributed by atoms with van der Waals surface area (Å²) in [7, 11) is 0. The molecule has 1 saturated heterocycles. The van der Waals surface area contributed by atoms with Crippen LogP contribution >= 0.6 is 0 Å². The number of carbonyl (C=O) groups excluding carboxylic acids is 1. The van der Waals surface area contributed by atoms with Crippen LogP contribution in [0.1, 0.15) is 12.0 Å². The average molecular weight is 189 g/mol. The van der Waals surface area contributed by atoms with E-state index in [-0.39, 0.29) is 5.92 Å². The Labute approximate surface area is 84.5 Å². The zero-order valence-corrected chi connectivity index (χ0v) is 8.23. The normalized spacial score (nSPS) is 22.4. The average Bonchev–Trinajstić information content (AvgIpc) is 2.67. The number of hydrogen-bond acceptors (Lipinski definition) is 2. The fraction of sp³-hybridized carbons (Fsp3) is 0.417. The quantitative estimate of drug-likeness (QED) is 0.675. The van der Waals surface area contributed by atoms with Crippen LogP contribution in [0.5, 0.6) is 0 Å². The zero-order valence-electron chi connectivity index (χ0n) is 8.23. The molecule has 2 nitrogen and oxygen atoms in total. The molecule has 0 spiro atoms. The molecule has 2 heteroatoms. The number of hydrogen-bond donors (Lipinski definition) is 0. The van der Waals surface area contributed by atoms with Crippen LogP contribution in [0.2, 0.25) is 0 Å². The van der Waals surface area contributed by atoms with E-state index in [9.17, 15) is 4.79 Å². The highest BCUT2D eigenvalue weighted by Crippen LogP contribution is 2.16. The van der Waals surface area contributed by atoms with Gasteiger partial charge < -0.3 is 4.79 Å². The fourth-order valence-corrected chi connectivity index (χ4v) is 1.96. The summed E-state index contributed by atoms with van der Waals surface area (Å²) in [6.45, 7) is 2.96. The highest BCUT2D eigenvalue weighted by Gasteiger charge is 2.21. The van der Waals surface area contributed by atoms with Gasteiger partial charge >= 0.3 is 0 Å². The molecule has 1 fully saturated rings. The summed E-state index contributed by atoms with van der Waals surface area (Å²) in [4.78, 5) is 12.9.